The van der Waals surface area contributed by atoms with Gasteiger partial charge in [-0.05, 0) is 41.5 Å². The summed E-state index contributed by atoms with van der Waals surface area (Å²) in [5, 5.41) is 27.7. The largest absolute Gasteiger partial charge is 0.395 e. The Bertz CT molecular complexity index is 991. The molecule has 0 saturated heterocycles. The predicted molar refractivity (Wildman–Crippen MR) is 118 cm³/mol. The predicted octanol–water partition coefficient (Wildman–Crippen LogP) is 2.79. The molecule has 0 aliphatic heterocycles. The maximum absolute atomic E-state index is 11.0. The normalized spacial score (nSPS) is 12.6. The van der Waals surface area contributed by atoms with E-state index in [1.165, 1.54) is 11.3 Å². The van der Waals surface area contributed by atoms with Crippen LogP contribution in [0, 0.1) is 0 Å². The van der Waals surface area contributed by atoms with Gasteiger partial charge in [0.2, 0.25) is 0 Å². The van der Waals surface area contributed by atoms with Crippen molar-refractivity contribution >= 4 is 34.6 Å². The highest BCUT2D eigenvalue weighted by Crippen LogP contribution is 2.37. The van der Waals surface area contributed by atoms with Crippen LogP contribution in [0.25, 0.3) is 10.4 Å². The van der Waals surface area contributed by atoms with E-state index in [-0.39, 0.29) is 6.61 Å². The fourth-order valence-corrected chi connectivity index (χ4v) is 4.03. The second kappa shape index (κ2) is 9.71. The summed E-state index contributed by atoms with van der Waals surface area (Å²) in [5.41, 5.74) is 11.1. The lowest BCUT2D eigenvalue weighted by molar-refractivity contribution is 0.220. The van der Waals surface area contributed by atoms with Crippen LogP contribution in [0.1, 0.15) is 22.1 Å². The summed E-state index contributed by atoms with van der Waals surface area (Å²) in [7, 11) is 1.67. The van der Waals surface area contributed by atoms with E-state index in [0.29, 0.717) is 39.2 Å². The molecule has 152 valence electrons. The molecule has 6 N–H and O–H groups in total. The highest BCUT2D eigenvalue weighted by Gasteiger charge is 2.21. The van der Waals surface area contributed by atoms with E-state index in [9.17, 15) is 5.11 Å². The first-order valence-electron chi connectivity index (χ1n) is 8.92. The maximum atomic E-state index is 11.0. The number of hydrazone groups is 1. The number of rotatable bonds is 8. The molecule has 1 unspecified atom stereocenters. The molecular formula is C20H22ClN5O2S. The van der Waals surface area contributed by atoms with E-state index in [2.05, 4.69) is 20.8 Å². The minimum Gasteiger partial charge on any atom is -0.395 e. The van der Waals surface area contributed by atoms with Gasteiger partial charge in [0, 0.05) is 35.3 Å². The number of nitrogens with one attached hydrogen (secondary N) is 2. The molecule has 0 saturated carbocycles. The van der Waals surface area contributed by atoms with Crippen LogP contribution in [-0.2, 0) is 0 Å². The molecule has 29 heavy (non-hydrogen) atoms. The van der Waals surface area contributed by atoms with Crippen molar-refractivity contribution in [2.75, 3.05) is 25.5 Å². The van der Waals surface area contributed by atoms with Gasteiger partial charge < -0.3 is 26.7 Å². The van der Waals surface area contributed by atoms with E-state index in [4.69, 9.17) is 22.4 Å². The molecule has 3 aromatic rings. The summed E-state index contributed by atoms with van der Waals surface area (Å²) in [6.07, 6.45) is 0.807. The Balaban J connectivity index is 2.03. The van der Waals surface area contributed by atoms with Gasteiger partial charge in [-0.1, -0.05) is 23.7 Å². The molecule has 0 radical (unpaired) electrons. The molecule has 1 aromatic carbocycles. The van der Waals surface area contributed by atoms with Crippen molar-refractivity contribution in [1.29, 1.82) is 0 Å². The van der Waals surface area contributed by atoms with Crippen LogP contribution in [0.4, 0.5) is 5.82 Å². The number of nitrogens with zero attached hydrogens (tertiary/aromatic N) is 2. The van der Waals surface area contributed by atoms with Crippen molar-refractivity contribution in [3.63, 3.8) is 0 Å². The van der Waals surface area contributed by atoms with E-state index in [0.717, 1.165) is 10.4 Å². The number of hydrogen-bond acceptors (Lipinski definition) is 7. The molecule has 0 aliphatic carbocycles. The summed E-state index contributed by atoms with van der Waals surface area (Å²) in [6.45, 7) is 0.429. The number of aliphatic hydroxyl groups is 2. The average Bonchev–Trinajstić information content (AvgIpc) is 3.18. The zero-order valence-corrected chi connectivity index (χ0v) is 17.3. The number of aliphatic hydroxyl groups excluding tert-OH is 2. The Kier molecular flexibility index (Phi) is 7.05. The maximum Gasteiger partial charge on any atom is 0.161 e. The summed E-state index contributed by atoms with van der Waals surface area (Å²) in [5.74, 6) is 0.947. The third-order valence-electron chi connectivity index (χ3n) is 4.17. The molecule has 2 aromatic heterocycles. The lowest BCUT2D eigenvalue weighted by Crippen LogP contribution is -2.18. The van der Waals surface area contributed by atoms with Crippen molar-refractivity contribution < 1.29 is 10.2 Å². The summed E-state index contributed by atoms with van der Waals surface area (Å²) < 4.78 is 0. The van der Waals surface area contributed by atoms with Gasteiger partial charge in [-0.2, -0.15) is 5.10 Å². The SMILES string of the molecule is CN/N=C(\N)c1sc(-c2ccnc(NCCO)c2)cc1C(O)c1ccc(Cl)cc1. The van der Waals surface area contributed by atoms with Crippen LogP contribution < -0.4 is 16.5 Å². The smallest absolute Gasteiger partial charge is 0.161 e. The number of amidine groups is 1. The number of aromatic nitrogens is 1. The Hall–Kier alpha value is -2.65. The van der Waals surface area contributed by atoms with E-state index in [1.54, 1.807) is 37.5 Å². The zero-order chi connectivity index (χ0) is 20.8. The van der Waals surface area contributed by atoms with Crippen molar-refractivity contribution in [1.82, 2.24) is 10.4 Å². The van der Waals surface area contributed by atoms with E-state index < -0.39 is 6.10 Å². The molecule has 0 spiro atoms. The van der Waals surface area contributed by atoms with Gasteiger partial charge in [0.15, 0.2) is 5.84 Å². The lowest BCUT2D eigenvalue weighted by Gasteiger charge is -2.12. The lowest BCUT2D eigenvalue weighted by atomic mass is 10.0. The summed E-state index contributed by atoms with van der Waals surface area (Å²) in [4.78, 5) is 5.84. The van der Waals surface area contributed by atoms with Crippen LogP contribution in [0.2, 0.25) is 5.02 Å². The van der Waals surface area contributed by atoms with Gasteiger partial charge in [-0.3, -0.25) is 0 Å². The number of pyridine rings is 1. The molecular weight excluding hydrogens is 410 g/mol. The molecule has 0 fully saturated rings. The first-order chi connectivity index (χ1) is 14.0. The van der Waals surface area contributed by atoms with Gasteiger partial charge >= 0.3 is 0 Å². The molecule has 0 bridgehead atoms. The number of anilines is 1. The van der Waals surface area contributed by atoms with Crippen LogP contribution in [0.5, 0.6) is 0 Å². The van der Waals surface area contributed by atoms with Crippen molar-refractivity contribution in [3.8, 4) is 10.4 Å². The third kappa shape index (κ3) is 5.04. The van der Waals surface area contributed by atoms with Gasteiger partial charge in [0.25, 0.3) is 0 Å². The number of halogens is 1. The molecule has 0 aliphatic rings. The number of hydrogen-bond donors (Lipinski definition) is 5. The topological polar surface area (TPSA) is 116 Å². The number of thiophene rings is 1. The summed E-state index contributed by atoms with van der Waals surface area (Å²) in [6, 6.07) is 12.7. The van der Waals surface area contributed by atoms with Gasteiger partial charge in [-0.25, -0.2) is 4.98 Å². The van der Waals surface area contributed by atoms with Crippen LogP contribution in [0.3, 0.4) is 0 Å². The zero-order valence-electron chi connectivity index (χ0n) is 15.8. The number of benzene rings is 1. The molecule has 9 heteroatoms. The van der Waals surface area contributed by atoms with Gasteiger partial charge in [0.05, 0.1) is 11.5 Å². The Morgan fingerprint density at radius 2 is 2.03 bits per heavy atom. The Morgan fingerprint density at radius 1 is 1.28 bits per heavy atom. The second-order valence-electron chi connectivity index (χ2n) is 6.15. The van der Waals surface area contributed by atoms with Crippen molar-refractivity contribution in [2.24, 2.45) is 10.8 Å². The first kappa shape index (κ1) is 21.1. The quantitative estimate of drug-likeness (QED) is 0.213. The standard InChI is InChI=1S/C20H22ClN5O2S/c1-23-26-20(22)19-15(18(28)12-2-4-14(21)5-3-12)11-16(29-19)13-6-7-24-17(10-13)25-8-9-27/h2-7,10-11,18,23,27-28H,8-9H2,1H3,(H2,22,26)(H,24,25). The van der Waals surface area contributed by atoms with Crippen molar-refractivity contribution in [3.05, 3.63) is 69.7 Å². The Labute approximate surface area is 177 Å². The molecule has 0 amide bonds. The fourth-order valence-electron chi connectivity index (χ4n) is 2.81. The number of nitrogens with two attached hydrogens (primary N) is 1. The highest BCUT2D eigenvalue weighted by atomic mass is 35.5. The van der Waals surface area contributed by atoms with Crippen LogP contribution in [-0.4, -0.2) is 41.2 Å². The van der Waals surface area contributed by atoms with E-state index in [1.807, 2.05) is 18.2 Å². The summed E-state index contributed by atoms with van der Waals surface area (Å²) >= 11 is 7.40. The molecule has 3 rings (SSSR count). The fraction of sp³-hybridized carbons (Fsp3) is 0.200. The van der Waals surface area contributed by atoms with Crippen LogP contribution in [0.15, 0.2) is 53.8 Å². The van der Waals surface area contributed by atoms with Gasteiger partial charge in [-0.15, -0.1) is 11.3 Å². The highest BCUT2D eigenvalue weighted by molar-refractivity contribution is 7.17. The van der Waals surface area contributed by atoms with Gasteiger partial charge in [0.1, 0.15) is 11.9 Å². The Morgan fingerprint density at radius 3 is 2.72 bits per heavy atom. The third-order valence-corrected chi connectivity index (χ3v) is 5.64. The second-order valence-corrected chi connectivity index (χ2v) is 7.64. The molecule has 2 heterocycles. The minimum absolute atomic E-state index is 0.0174. The van der Waals surface area contributed by atoms with E-state index >= 15 is 0 Å². The molecule has 7 nitrogen and oxygen atoms in total. The van der Waals surface area contributed by atoms with Crippen molar-refractivity contribution in [2.45, 2.75) is 6.10 Å². The minimum atomic E-state index is -0.883. The monoisotopic (exact) mass is 431 g/mol. The first-order valence-corrected chi connectivity index (χ1v) is 10.1. The molecule has 1 atom stereocenters. The van der Waals surface area contributed by atoms with Crippen LogP contribution >= 0.6 is 22.9 Å². The average molecular weight is 432 g/mol.